The van der Waals surface area contributed by atoms with E-state index in [-0.39, 0.29) is 57.4 Å². The maximum atomic E-state index is 12.7. The first-order chi connectivity index (χ1) is 35.1. The monoisotopic (exact) mass is 1170 g/mol. The van der Waals surface area contributed by atoms with Crippen LogP contribution in [-0.4, -0.2) is 110 Å². The highest BCUT2D eigenvalue weighted by Gasteiger charge is 2.27. The summed E-state index contributed by atoms with van der Waals surface area (Å²) in [6.45, 7) is -0.347. The van der Waals surface area contributed by atoms with Crippen LogP contribution in [-0.2, 0) is 63.9 Å². The molecule has 0 unspecified atom stereocenters. The van der Waals surface area contributed by atoms with Crippen molar-refractivity contribution in [2.24, 2.45) is 20.5 Å². The molecule has 0 aliphatic rings. The number of hydrogen-bond donors (Lipinski definition) is 9. The first-order valence-corrected chi connectivity index (χ1v) is 28.1. The highest BCUT2D eigenvalue weighted by atomic mass is 35.5. The average Bonchev–Trinajstić information content (AvgIpc) is 3.32. The number of aromatic nitrogens is 3. The summed E-state index contributed by atoms with van der Waals surface area (Å²) in [4.78, 5) is 8.05. The van der Waals surface area contributed by atoms with Crippen molar-refractivity contribution in [2.45, 2.75) is 24.5 Å². The molecule has 0 bridgehead atoms. The van der Waals surface area contributed by atoms with E-state index in [4.69, 9.17) is 25.8 Å². The number of fused-ring (bicyclic) bond motifs is 2. The van der Waals surface area contributed by atoms with E-state index in [1.165, 1.54) is 49.6 Å². The minimum Gasteiger partial charge on any atom is -0.505 e. The fourth-order valence-electron chi connectivity index (χ4n) is 6.61. The summed E-state index contributed by atoms with van der Waals surface area (Å²) in [6.07, 6.45) is 0. The molecule has 1 heterocycles. The Hall–Kier alpha value is -6.88. The van der Waals surface area contributed by atoms with Crippen LogP contribution in [0.4, 0.5) is 46.0 Å². The van der Waals surface area contributed by atoms with Gasteiger partial charge in [-0.05, 0) is 95.2 Å². The van der Waals surface area contributed by atoms with E-state index >= 15 is 0 Å². The van der Waals surface area contributed by atoms with Crippen LogP contribution in [0.2, 0.25) is 5.28 Å². The molecule has 0 radical (unpaired) electrons. The van der Waals surface area contributed by atoms with Crippen LogP contribution < -0.4 is 15.4 Å². The Morgan fingerprint density at radius 1 is 0.600 bits per heavy atom. The van der Waals surface area contributed by atoms with Crippen LogP contribution in [0.1, 0.15) is 0 Å². The topological polar surface area (TPSA) is 461 Å². The summed E-state index contributed by atoms with van der Waals surface area (Å²) in [5.74, 6) is -3.65. The van der Waals surface area contributed by atoms with E-state index in [2.05, 4.69) is 55.4 Å². The Kier molecular flexibility index (Phi) is 16.2. The minimum absolute atomic E-state index is 0.0441. The molecule has 0 atom stereocenters. The number of benzene rings is 6. The second kappa shape index (κ2) is 21.8. The molecule has 7 rings (SSSR count). The number of aromatic hydroxyl groups is 2. The number of nitrogens with one attached hydrogen (secondary N) is 2. The maximum Gasteiger partial charge on any atom is 0.296 e. The Morgan fingerprint density at radius 3 is 1.72 bits per heavy atom. The third-order valence-corrected chi connectivity index (χ3v) is 15.5. The van der Waals surface area contributed by atoms with Gasteiger partial charge in [-0.25, -0.2) is 13.7 Å². The lowest BCUT2D eigenvalue weighted by Crippen LogP contribution is -2.10. The van der Waals surface area contributed by atoms with Crippen LogP contribution in [0.5, 0.6) is 17.2 Å². The van der Waals surface area contributed by atoms with Gasteiger partial charge in [0.05, 0.1) is 51.2 Å². The second-order valence-corrected chi connectivity index (χ2v) is 23.2. The molecular weight excluding hydrogens is 1150 g/mol. The van der Waals surface area contributed by atoms with E-state index in [0.717, 1.165) is 24.3 Å². The molecule has 0 amide bonds. The van der Waals surface area contributed by atoms with Crippen LogP contribution in [0.3, 0.4) is 0 Å². The summed E-state index contributed by atoms with van der Waals surface area (Å²) in [5.41, 5.74) is -2.81. The first-order valence-electron chi connectivity index (χ1n) is 19.7. The number of anilines is 4. The van der Waals surface area contributed by atoms with Gasteiger partial charge in [-0.3, -0.25) is 22.4 Å². The van der Waals surface area contributed by atoms with Gasteiger partial charge in [0.25, 0.3) is 40.5 Å². The molecular formula is C38H30ClN9O21S6. The molecule has 9 N–H and O–H groups in total. The number of azo groups is 2. The zero-order chi connectivity index (χ0) is 54.8. The number of rotatable bonds is 20. The van der Waals surface area contributed by atoms with Gasteiger partial charge in [-0.2, -0.15) is 53.7 Å². The number of methoxy groups -OCH3 is 1. The second-order valence-electron chi connectivity index (χ2n) is 14.6. The highest BCUT2D eigenvalue weighted by Crippen LogP contribution is 2.47. The lowest BCUT2D eigenvalue weighted by molar-refractivity contribution is -0.434. The van der Waals surface area contributed by atoms with Crippen LogP contribution in [0.15, 0.2) is 130 Å². The number of phenolic OH excluding ortho intramolecular Hbond substituents is 2. The molecule has 0 saturated carbocycles. The standard InChI is InChI=1S/C38H30ClN9O21S6/c1-66-21-5-9-25(29(15-21)74(60,61)62)46-48-33-30(75(63,64)65)14-19-13-24(73(57,58)59)17-28(32(19)35(33)50)41-38-43-36(39)42-37(44-38)40-27-16-23(72(54,55)56)12-18-2-8-26(34(49)31(18)27)47-45-20-3-6-22(7-4-20)71(52,53)11-10-67-70-69-68-51/h2-9,12-17,49-51H,10-11H2,1H3,(H,54,55,56)(H,57,58,59)(H,60,61,62)(H,63,64,65)(H2,40,41,42,43,44). The summed E-state index contributed by atoms with van der Waals surface area (Å²) in [5, 5.41) is 53.2. The van der Waals surface area contributed by atoms with Gasteiger partial charge in [0, 0.05) is 16.8 Å². The van der Waals surface area contributed by atoms with Crippen molar-refractivity contribution in [3.8, 4) is 17.2 Å². The predicted octanol–water partition coefficient (Wildman–Crippen LogP) is 7.33. The van der Waals surface area contributed by atoms with Crippen molar-refractivity contribution in [2.75, 3.05) is 30.1 Å². The first kappa shape index (κ1) is 55.9. The van der Waals surface area contributed by atoms with Gasteiger partial charge in [-0.1, -0.05) is 11.1 Å². The fraction of sp³-hybridized carbons (Fsp3) is 0.0789. The Balaban J connectivity index is 1.29. The molecule has 30 nitrogen and oxygen atoms in total. The quantitative estimate of drug-likeness (QED) is 0.00900. The Morgan fingerprint density at radius 2 is 1.16 bits per heavy atom. The van der Waals surface area contributed by atoms with E-state index in [9.17, 15) is 70.5 Å². The zero-order valence-electron chi connectivity index (χ0n) is 36.8. The van der Waals surface area contributed by atoms with Crippen LogP contribution in [0.25, 0.3) is 21.5 Å². The van der Waals surface area contributed by atoms with Crippen molar-refractivity contribution in [3.63, 3.8) is 0 Å². The number of hydrogen-bond acceptors (Lipinski definition) is 27. The fourth-order valence-corrected chi connectivity index (χ4v) is 10.6. The van der Waals surface area contributed by atoms with Gasteiger partial charge in [0.15, 0.2) is 33.7 Å². The molecule has 0 aliphatic carbocycles. The van der Waals surface area contributed by atoms with Crippen molar-refractivity contribution in [1.29, 1.82) is 0 Å². The summed E-state index contributed by atoms with van der Waals surface area (Å²) in [7, 11) is -23.4. The molecule has 1 aromatic heterocycles. The molecule has 0 fully saturated rings. The minimum atomic E-state index is -5.43. The van der Waals surface area contributed by atoms with Crippen LogP contribution in [0, 0.1) is 0 Å². The van der Waals surface area contributed by atoms with E-state index < -0.39 is 132 Å². The molecule has 0 saturated heterocycles. The van der Waals surface area contributed by atoms with Gasteiger partial charge < -0.3 is 25.6 Å². The van der Waals surface area contributed by atoms with Crippen molar-refractivity contribution >= 4 is 142 Å². The highest BCUT2D eigenvalue weighted by molar-refractivity contribution is 7.91. The molecule has 75 heavy (non-hydrogen) atoms. The van der Waals surface area contributed by atoms with Crippen LogP contribution >= 0.6 is 23.9 Å². The largest absolute Gasteiger partial charge is 0.505 e. The third kappa shape index (κ3) is 13.2. The normalized spacial score (nSPS) is 12.8. The smallest absolute Gasteiger partial charge is 0.296 e. The van der Waals surface area contributed by atoms with Gasteiger partial charge in [0.2, 0.25) is 17.2 Å². The molecule has 37 heteroatoms. The Labute approximate surface area is 430 Å². The number of halogens is 1. The van der Waals surface area contributed by atoms with Crippen molar-refractivity contribution in [1.82, 2.24) is 15.0 Å². The maximum absolute atomic E-state index is 12.7. The van der Waals surface area contributed by atoms with Gasteiger partial charge in [-0.15, -0.1) is 19.7 Å². The summed E-state index contributed by atoms with van der Waals surface area (Å²) < 4.78 is 179. The summed E-state index contributed by atoms with van der Waals surface area (Å²) >= 11 is 6.45. The van der Waals surface area contributed by atoms with E-state index in [0.29, 0.717) is 18.2 Å². The number of sulfone groups is 1. The number of ether oxygens (including phenoxy) is 1. The lowest BCUT2D eigenvalue weighted by Gasteiger charge is -2.16. The van der Waals surface area contributed by atoms with Gasteiger partial charge >= 0.3 is 0 Å². The SMILES string of the molecule is COc1ccc(N=Nc2c(S(=O)(=O)O)cc3cc(S(=O)(=O)O)cc(Nc4nc(Cl)nc(Nc5cc(S(=O)(=O)O)cc6ccc(N=Nc7ccc(S(=O)(=O)CCOSOOO)cc7)c(O)c56)n4)c3c2O)c(S(=O)(=O)O)c1. The van der Waals surface area contributed by atoms with Crippen molar-refractivity contribution < 1.29 is 94.1 Å². The van der Waals surface area contributed by atoms with Gasteiger partial charge in [0.1, 0.15) is 32.6 Å². The average molecular weight is 1180 g/mol. The van der Waals surface area contributed by atoms with E-state index in [1.807, 2.05) is 0 Å². The third-order valence-electron chi connectivity index (χ3n) is 9.85. The lowest BCUT2D eigenvalue weighted by atomic mass is 10.1. The zero-order valence-corrected chi connectivity index (χ0v) is 42.5. The number of phenols is 2. The van der Waals surface area contributed by atoms with Crippen molar-refractivity contribution in [3.05, 3.63) is 90.2 Å². The molecule has 7 aromatic rings. The Bertz CT molecular complexity index is 4080. The molecule has 0 spiro atoms. The molecule has 0 aliphatic heterocycles. The number of nitrogens with zero attached hydrogens (tertiary/aromatic N) is 7. The molecule has 6 aromatic carbocycles. The molecule has 396 valence electrons. The predicted molar refractivity (Wildman–Crippen MR) is 260 cm³/mol. The van der Waals surface area contributed by atoms with E-state index in [1.54, 1.807) is 0 Å². The summed E-state index contributed by atoms with van der Waals surface area (Å²) in [6, 6.07) is 14.2.